The first-order valence-electron chi connectivity index (χ1n) is 6.50. The Balaban J connectivity index is 2.04. The molecule has 1 aromatic heterocycles. The number of hydrogen-bond donors (Lipinski definition) is 3. The van der Waals surface area contributed by atoms with E-state index in [4.69, 9.17) is 0 Å². The van der Waals surface area contributed by atoms with E-state index in [1.807, 2.05) is 6.92 Å². The van der Waals surface area contributed by atoms with Gasteiger partial charge < -0.3 is 10.6 Å². The van der Waals surface area contributed by atoms with Crippen molar-refractivity contribution in [2.75, 3.05) is 18.4 Å². The van der Waals surface area contributed by atoms with Gasteiger partial charge in [-0.3, -0.25) is 4.79 Å². The first-order valence-corrected chi connectivity index (χ1v) is 7.98. The number of rotatable bonds is 5. The van der Waals surface area contributed by atoms with Crippen LogP contribution in [-0.4, -0.2) is 38.4 Å². The second-order valence-corrected chi connectivity index (χ2v) is 6.28. The van der Waals surface area contributed by atoms with E-state index < -0.39 is 10.0 Å². The Labute approximate surface area is 118 Å². The molecular weight excluding hydrogens is 280 g/mol. The van der Waals surface area contributed by atoms with Crippen molar-refractivity contribution < 1.29 is 13.2 Å². The molecule has 0 bridgehead atoms. The van der Waals surface area contributed by atoms with Crippen LogP contribution in [0.5, 0.6) is 0 Å². The molecule has 1 amide bonds. The maximum atomic E-state index is 12.2. The molecule has 0 saturated carbocycles. The van der Waals surface area contributed by atoms with Crippen molar-refractivity contribution in [3.63, 3.8) is 0 Å². The number of piperidine rings is 1. The molecular formula is C12H18N4O3S. The van der Waals surface area contributed by atoms with Crippen LogP contribution in [0.25, 0.3) is 0 Å². The van der Waals surface area contributed by atoms with Gasteiger partial charge in [-0.2, -0.15) is 0 Å². The van der Waals surface area contributed by atoms with Crippen LogP contribution < -0.4 is 15.4 Å². The van der Waals surface area contributed by atoms with Gasteiger partial charge in [-0.25, -0.2) is 18.1 Å². The Morgan fingerprint density at radius 2 is 2.25 bits per heavy atom. The molecule has 1 aliphatic rings. The molecule has 1 fully saturated rings. The predicted molar refractivity (Wildman–Crippen MR) is 74.8 cm³/mol. The molecule has 1 aliphatic heterocycles. The van der Waals surface area contributed by atoms with Gasteiger partial charge in [0.1, 0.15) is 10.7 Å². The van der Waals surface area contributed by atoms with E-state index in [2.05, 4.69) is 20.3 Å². The summed E-state index contributed by atoms with van der Waals surface area (Å²) in [5, 5.41) is 5.64. The number of sulfonamides is 1. The number of carbonyl (C=O) groups excluding carboxylic acids is 1. The molecule has 1 atom stereocenters. The van der Waals surface area contributed by atoms with E-state index in [-0.39, 0.29) is 16.8 Å². The van der Waals surface area contributed by atoms with E-state index in [9.17, 15) is 13.2 Å². The minimum atomic E-state index is -3.60. The number of amides is 1. The Kier molecular flexibility index (Phi) is 4.56. The van der Waals surface area contributed by atoms with Crippen LogP contribution in [0.1, 0.15) is 19.8 Å². The number of aromatic nitrogens is 1. The lowest BCUT2D eigenvalue weighted by Gasteiger charge is -2.23. The van der Waals surface area contributed by atoms with Crippen molar-refractivity contribution in [2.24, 2.45) is 0 Å². The topological polar surface area (TPSA) is 100 Å². The molecule has 0 aromatic carbocycles. The van der Waals surface area contributed by atoms with Gasteiger partial charge in [0.05, 0.1) is 0 Å². The number of anilines is 1. The molecule has 3 N–H and O–H groups in total. The summed E-state index contributed by atoms with van der Waals surface area (Å²) in [6, 6.07) is 2.86. The van der Waals surface area contributed by atoms with Gasteiger partial charge in [-0.15, -0.1) is 0 Å². The number of hydrogen-bond acceptors (Lipinski definition) is 5. The van der Waals surface area contributed by atoms with Crippen LogP contribution in [0, 0.1) is 0 Å². The maximum absolute atomic E-state index is 12.2. The monoisotopic (exact) mass is 298 g/mol. The number of carbonyl (C=O) groups is 1. The van der Waals surface area contributed by atoms with Crippen molar-refractivity contribution in [3.05, 3.63) is 18.3 Å². The normalized spacial score (nSPS) is 19.4. The fourth-order valence-corrected chi connectivity index (χ4v) is 3.16. The molecule has 20 heavy (non-hydrogen) atoms. The zero-order chi connectivity index (χ0) is 14.6. The average Bonchev–Trinajstić information content (AvgIpc) is 2.42. The average molecular weight is 298 g/mol. The van der Waals surface area contributed by atoms with Crippen molar-refractivity contribution in [3.8, 4) is 0 Å². The Hall–Kier alpha value is -1.67. The van der Waals surface area contributed by atoms with Gasteiger partial charge in [0, 0.05) is 31.7 Å². The van der Waals surface area contributed by atoms with Crippen LogP contribution in [0.15, 0.2) is 23.2 Å². The molecule has 8 heteroatoms. The molecule has 1 aromatic rings. The summed E-state index contributed by atoms with van der Waals surface area (Å²) in [5.74, 6) is 0.591. The van der Waals surface area contributed by atoms with Crippen molar-refractivity contribution in [1.82, 2.24) is 15.0 Å². The van der Waals surface area contributed by atoms with E-state index in [0.717, 1.165) is 6.54 Å². The molecule has 2 heterocycles. The van der Waals surface area contributed by atoms with E-state index in [0.29, 0.717) is 25.2 Å². The van der Waals surface area contributed by atoms with Gasteiger partial charge >= 0.3 is 0 Å². The van der Waals surface area contributed by atoms with Gasteiger partial charge in [-0.05, 0) is 25.5 Å². The van der Waals surface area contributed by atoms with Gasteiger partial charge in [0.2, 0.25) is 15.9 Å². The zero-order valence-corrected chi connectivity index (χ0v) is 12.0. The highest BCUT2D eigenvalue weighted by molar-refractivity contribution is 7.89. The van der Waals surface area contributed by atoms with Crippen molar-refractivity contribution in [1.29, 1.82) is 0 Å². The molecule has 2 rings (SSSR count). The van der Waals surface area contributed by atoms with Crippen molar-refractivity contribution >= 4 is 21.7 Å². The molecule has 0 radical (unpaired) electrons. The summed E-state index contributed by atoms with van der Waals surface area (Å²) >= 11 is 0. The lowest BCUT2D eigenvalue weighted by Crippen LogP contribution is -2.47. The molecule has 7 nitrogen and oxygen atoms in total. The third kappa shape index (κ3) is 3.67. The Morgan fingerprint density at radius 3 is 2.80 bits per heavy atom. The molecule has 0 spiro atoms. The third-order valence-electron chi connectivity index (χ3n) is 2.99. The fraction of sp³-hybridized carbons (Fsp3) is 0.500. The Morgan fingerprint density at radius 1 is 1.45 bits per heavy atom. The quantitative estimate of drug-likeness (QED) is 0.714. The minimum absolute atomic E-state index is 0.0443. The highest BCUT2D eigenvalue weighted by Crippen LogP contribution is 2.13. The van der Waals surface area contributed by atoms with Gasteiger partial charge in [-0.1, -0.05) is 0 Å². The lowest BCUT2D eigenvalue weighted by atomic mass is 10.1. The summed E-state index contributed by atoms with van der Waals surface area (Å²) in [7, 11) is -3.60. The third-order valence-corrected chi connectivity index (χ3v) is 4.50. The number of nitrogens with one attached hydrogen (secondary N) is 3. The van der Waals surface area contributed by atoms with Crippen LogP contribution in [0.2, 0.25) is 0 Å². The van der Waals surface area contributed by atoms with E-state index in [1.165, 1.54) is 12.3 Å². The molecule has 1 unspecified atom stereocenters. The predicted octanol–water partition coefficient (Wildman–Crippen LogP) is 0.0703. The second-order valence-electron chi connectivity index (χ2n) is 4.57. The van der Waals surface area contributed by atoms with E-state index >= 15 is 0 Å². The Bertz CT molecular complexity index is 561. The van der Waals surface area contributed by atoms with Crippen LogP contribution in [0.4, 0.5) is 5.82 Å². The summed E-state index contributed by atoms with van der Waals surface area (Å²) in [5.41, 5.74) is 0. The van der Waals surface area contributed by atoms with E-state index in [1.54, 1.807) is 6.07 Å². The van der Waals surface area contributed by atoms with Gasteiger partial charge in [0.15, 0.2) is 0 Å². The van der Waals surface area contributed by atoms with Crippen molar-refractivity contribution in [2.45, 2.75) is 30.7 Å². The standard InChI is InChI=1S/C12H18N4O3S/c1-2-13-11-5-4-10(8-14-11)20(18,19)16-9-3-6-12(17)15-7-9/h4-5,8-9,16H,2-3,6-7H2,1H3,(H,13,14)(H,15,17). The van der Waals surface area contributed by atoms with Crippen LogP contribution >= 0.6 is 0 Å². The maximum Gasteiger partial charge on any atom is 0.242 e. The first-order chi connectivity index (χ1) is 9.51. The van der Waals surface area contributed by atoms with Gasteiger partial charge in [0.25, 0.3) is 0 Å². The summed E-state index contributed by atoms with van der Waals surface area (Å²) in [6.07, 6.45) is 2.17. The molecule has 1 saturated heterocycles. The van der Waals surface area contributed by atoms with Crippen LogP contribution in [0.3, 0.4) is 0 Å². The highest BCUT2D eigenvalue weighted by Gasteiger charge is 2.24. The summed E-state index contributed by atoms with van der Waals surface area (Å²) in [6.45, 7) is 2.98. The minimum Gasteiger partial charge on any atom is -0.370 e. The number of pyridine rings is 1. The smallest absolute Gasteiger partial charge is 0.242 e. The SMILES string of the molecule is CCNc1ccc(S(=O)(=O)NC2CCC(=O)NC2)cn1. The second kappa shape index (κ2) is 6.19. The number of nitrogens with zero attached hydrogens (tertiary/aromatic N) is 1. The van der Waals surface area contributed by atoms with Crippen LogP contribution in [-0.2, 0) is 14.8 Å². The molecule has 0 aliphatic carbocycles. The zero-order valence-electron chi connectivity index (χ0n) is 11.2. The summed E-state index contributed by atoms with van der Waals surface area (Å²) in [4.78, 5) is 15.2. The summed E-state index contributed by atoms with van der Waals surface area (Å²) < 4.78 is 26.9. The highest BCUT2D eigenvalue weighted by atomic mass is 32.2. The lowest BCUT2D eigenvalue weighted by molar-refractivity contribution is -0.122. The largest absolute Gasteiger partial charge is 0.370 e. The fourth-order valence-electron chi connectivity index (χ4n) is 1.95. The molecule has 110 valence electrons. The first kappa shape index (κ1) is 14.7.